The van der Waals surface area contributed by atoms with Crippen LogP contribution in [-0.2, 0) is 6.54 Å². The third-order valence-electron chi connectivity index (χ3n) is 2.66. The summed E-state index contributed by atoms with van der Waals surface area (Å²) in [7, 11) is 3.26. The average Bonchev–Trinajstić information content (AvgIpc) is 2.46. The molecule has 1 aromatic carbocycles. The minimum absolute atomic E-state index is 0.610. The Morgan fingerprint density at radius 2 is 1.84 bits per heavy atom. The van der Waals surface area contributed by atoms with Crippen LogP contribution in [-0.4, -0.2) is 19.2 Å². The maximum absolute atomic E-state index is 6.06. The SMILES string of the molecule is COc1cc(CNc2cnccc2Cl)cc(OC)c1. The van der Waals surface area contributed by atoms with Crippen molar-refractivity contribution in [2.75, 3.05) is 19.5 Å². The topological polar surface area (TPSA) is 43.4 Å². The molecule has 1 heterocycles. The summed E-state index contributed by atoms with van der Waals surface area (Å²) < 4.78 is 10.5. The fraction of sp³-hybridized carbons (Fsp3) is 0.214. The highest BCUT2D eigenvalue weighted by Gasteiger charge is 2.03. The Morgan fingerprint density at radius 1 is 1.16 bits per heavy atom. The van der Waals surface area contributed by atoms with Gasteiger partial charge in [-0.25, -0.2) is 0 Å². The number of benzene rings is 1. The van der Waals surface area contributed by atoms with Crippen molar-refractivity contribution in [2.45, 2.75) is 6.54 Å². The summed E-state index contributed by atoms with van der Waals surface area (Å²) in [6.45, 7) is 0.610. The summed E-state index contributed by atoms with van der Waals surface area (Å²) in [5.74, 6) is 1.52. The van der Waals surface area contributed by atoms with E-state index in [1.54, 1.807) is 32.7 Å². The molecule has 0 radical (unpaired) electrons. The fourth-order valence-electron chi connectivity index (χ4n) is 1.67. The number of ether oxygens (including phenoxy) is 2. The van der Waals surface area contributed by atoms with Crippen LogP contribution < -0.4 is 14.8 Å². The average molecular weight is 279 g/mol. The van der Waals surface area contributed by atoms with Gasteiger partial charge in [0, 0.05) is 18.8 Å². The van der Waals surface area contributed by atoms with E-state index in [1.807, 2.05) is 18.2 Å². The van der Waals surface area contributed by atoms with Crippen molar-refractivity contribution in [3.05, 3.63) is 47.2 Å². The van der Waals surface area contributed by atoms with Crippen molar-refractivity contribution < 1.29 is 9.47 Å². The molecular formula is C14H15ClN2O2. The van der Waals surface area contributed by atoms with E-state index in [0.717, 1.165) is 22.7 Å². The molecule has 0 fully saturated rings. The maximum Gasteiger partial charge on any atom is 0.122 e. The van der Waals surface area contributed by atoms with E-state index in [0.29, 0.717) is 11.6 Å². The van der Waals surface area contributed by atoms with Gasteiger partial charge in [0.05, 0.1) is 31.1 Å². The molecule has 0 unspecified atom stereocenters. The number of nitrogens with one attached hydrogen (secondary N) is 1. The van der Waals surface area contributed by atoms with Crippen molar-refractivity contribution in [1.29, 1.82) is 0 Å². The van der Waals surface area contributed by atoms with E-state index in [4.69, 9.17) is 21.1 Å². The summed E-state index contributed by atoms with van der Waals surface area (Å²) in [6, 6.07) is 7.47. The molecule has 0 saturated carbocycles. The monoisotopic (exact) mass is 278 g/mol. The lowest BCUT2D eigenvalue weighted by Crippen LogP contribution is -2.01. The summed E-state index contributed by atoms with van der Waals surface area (Å²) in [5, 5.41) is 3.87. The Balaban J connectivity index is 2.13. The van der Waals surface area contributed by atoms with Gasteiger partial charge in [0.25, 0.3) is 0 Å². The summed E-state index contributed by atoms with van der Waals surface area (Å²) in [5.41, 5.74) is 1.84. The van der Waals surface area contributed by atoms with Crippen molar-refractivity contribution in [3.8, 4) is 11.5 Å². The molecule has 0 amide bonds. The minimum atomic E-state index is 0.610. The lowest BCUT2D eigenvalue weighted by Gasteiger charge is -2.10. The molecule has 100 valence electrons. The summed E-state index contributed by atoms with van der Waals surface area (Å²) >= 11 is 6.06. The second-order valence-corrected chi connectivity index (χ2v) is 4.34. The van der Waals surface area contributed by atoms with Crippen molar-refractivity contribution in [1.82, 2.24) is 4.98 Å². The molecule has 0 aliphatic carbocycles. The lowest BCUT2D eigenvalue weighted by molar-refractivity contribution is 0.393. The number of pyridine rings is 1. The van der Waals surface area contributed by atoms with Gasteiger partial charge in [-0.15, -0.1) is 0 Å². The van der Waals surface area contributed by atoms with Crippen LogP contribution in [0.2, 0.25) is 5.02 Å². The summed E-state index contributed by atoms with van der Waals surface area (Å²) in [6.07, 6.45) is 3.35. The number of aromatic nitrogens is 1. The molecule has 19 heavy (non-hydrogen) atoms. The number of hydrogen-bond donors (Lipinski definition) is 1. The van der Waals surface area contributed by atoms with Crippen LogP contribution in [0.3, 0.4) is 0 Å². The number of nitrogens with zero attached hydrogens (tertiary/aromatic N) is 1. The molecule has 2 rings (SSSR count). The number of anilines is 1. The Hall–Kier alpha value is -1.94. The van der Waals surface area contributed by atoms with Crippen LogP contribution in [0.5, 0.6) is 11.5 Å². The van der Waals surface area contributed by atoms with Crippen LogP contribution in [0.4, 0.5) is 5.69 Å². The van der Waals surface area contributed by atoms with Gasteiger partial charge in [-0.3, -0.25) is 4.98 Å². The third kappa shape index (κ3) is 3.51. The summed E-state index contributed by atoms with van der Waals surface area (Å²) in [4.78, 5) is 4.03. The van der Waals surface area contributed by atoms with Gasteiger partial charge in [-0.2, -0.15) is 0 Å². The first-order chi connectivity index (χ1) is 9.22. The molecule has 0 aliphatic heterocycles. The first-order valence-electron chi connectivity index (χ1n) is 5.78. The Kier molecular flexibility index (Phi) is 4.47. The van der Waals surface area contributed by atoms with E-state index in [2.05, 4.69) is 10.3 Å². The van der Waals surface area contributed by atoms with E-state index in [9.17, 15) is 0 Å². The molecule has 1 N–H and O–H groups in total. The fourth-order valence-corrected chi connectivity index (χ4v) is 1.85. The van der Waals surface area contributed by atoms with Gasteiger partial charge in [0.1, 0.15) is 11.5 Å². The molecule has 0 aliphatic rings. The highest BCUT2D eigenvalue weighted by Crippen LogP contribution is 2.24. The van der Waals surface area contributed by atoms with Gasteiger partial charge in [0.2, 0.25) is 0 Å². The molecule has 0 saturated heterocycles. The highest BCUT2D eigenvalue weighted by molar-refractivity contribution is 6.33. The van der Waals surface area contributed by atoms with Gasteiger partial charge in [-0.05, 0) is 23.8 Å². The predicted octanol–water partition coefficient (Wildman–Crippen LogP) is 3.36. The zero-order valence-electron chi connectivity index (χ0n) is 10.8. The van der Waals surface area contributed by atoms with E-state index >= 15 is 0 Å². The number of rotatable bonds is 5. The van der Waals surface area contributed by atoms with Gasteiger partial charge >= 0.3 is 0 Å². The maximum atomic E-state index is 6.06. The van der Waals surface area contributed by atoms with E-state index < -0.39 is 0 Å². The number of hydrogen-bond acceptors (Lipinski definition) is 4. The number of methoxy groups -OCH3 is 2. The van der Waals surface area contributed by atoms with Crippen LogP contribution >= 0.6 is 11.6 Å². The van der Waals surface area contributed by atoms with Crippen LogP contribution in [0, 0.1) is 0 Å². The minimum Gasteiger partial charge on any atom is -0.497 e. The standard InChI is InChI=1S/C14H15ClN2O2/c1-18-11-5-10(6-12(7-11)19-2)8-17-14-9-16-4-3-13(14)15/h3-7,9,17H,8H2,1-2H3. The largest absolute Gasteiger partial charge is 0.497 e. The first kappa shape index (κ1) is 13.5. The normalized spacial score (nSPS) is 10.1. The van der Waals surface area contributed by atoms with Crippen LogP contribution in [0.1, 0.15) is 5.56 Å². The third-order valence-corrected chi connectivity index (χ3v) is 2.99. The van der Waals surface area contributed by atoms with Gasteiger partial charge < -0.3 is 14.8 Å². The molecule has 2 aromatic rings. The van der Waals surface area contributed by atoms with Crippen LogP contribution in [0.25, 0.3) is 0 Å². The lowest BCUT2D eigenvalue weighted by atomic mass is 10.2. The predicted molar refractivity (Wildman–Crippen MR) is 76.1 cm³/mol. The molecule has 4 nitrogen and oxygen atoms in total. The van der Waals surface area contributed by atoms with Crippen molar-refractivity contribution in [2.24, 2.45) is 0 Å². The molecule has 1 aromatic heterocycles. The zero-order valence-corrected chi connectivity index (χ0v) is 11.6. The zero-order chi connectivity index (χ0) is 13.7. The Labute approximate surface area is 117 Å². The Bertz CT molecular complexity index is 539. The van der Waals surface area contributed by atoms with Gasteiger partial charge in [-0.1, -0.05) is 11.6 Å². The van der Waals surface area contributed by atoms with Crippen molar-refractivity contribution in [3.63, 3.8) is 0 Å². The van der Waals surface area contributed by atoms with Crippen molar-refractivity contribution >= 4 is 17.3 Å². The smallest absolute Gasteiger partial charge is 0.122 e. The molecular weight excluding hydrogens is 264 g/mol. The highest BCUT2D eigenvalue weighted by atomic mass is 35.5. The molecule has 0 spiro atoms. The van der Waals surface area contributed by atoms with Crippen LogP contribution in [0.15, 0.2) is 36.7 Å². The second kappa shape index (κ2) is 6.29. The Morgan fingerprint density at radius 3 is 2.42 bits per heavy atom. The molecule has 0 atom stereocenters. The van der Waals surface area contributed by atoms with E-state index in [1.165, 1.54) is 0 Å². The number of halogens is 1. The second-order valence-electron chi connectivity index (χ2n) is 3.93. The molecule has 0 bridgehead atoms. The quantitative estimate of drug-likeness (QED) is 0.911. The molecule has 5 heteroatoms. The van der Waals surface area contributed by atoms with E-state index in [-0.39, 0.29) is 0 Å². The van der Waals surface area contributed by atoms with Gasteiger partial charge in [0.15, 0.2) is 0 Å². The first-order valence-corrected chi connectivity index (χ1v) is 6.16.